The molecule has 1 aliphatic rings. The van der Waals surface area contributed by atoms with Gasteiger partial charge in [0.05, 0.1) is 5.56 Å². The number of thiocarbonyl (C=S) groups is 1. The molecular formula is C13H13F3N2OS. The van der Waals surface area contributed by atoms with Crippen LogP contribution in [0.25, 0.3) is 0 Å². The summed E-state index contributed by atoms with van der Waals surface area (Å²) in [6.45, 7) is 1.81. The number of benzene rings is 1. The zero-order chi connectivity index (χ0) is 14.9. The molecule has 1 aromatic carbocycles. The number of amides is 1. The van der Waals surface area contributed by atoms with E-state index < -0.39 is 17.8 Å². The van der Waals surface area contributed by atoms with Crippen LogP contribution < -0.4 is 5.32 Å². The van der Waals surface area contributed by atoms with E-state index in [-0.39, 0.29) is 29.5 Å². The third-order valence-electron chi connectivity index (χ3n) is 3.15. The molecule has 1 amide bonds. The number of nitrogens with zero attached hydrogens (tertiary/aromatic N) is 1. The lowest BCUT2D eigenvalue weighted by Gasteiger charge is -2.17. The van der Waals surface area contributed by atoms with E-state index in [1.165, 1.54) is 17.0 Å². The zero-order valence-electron chi connectivity index (χ0n) is 10.7. The van der Waals surface area contributed by atoms with Crippen molar-refractivity contribution >= 4 is 23.2 Å². The Balaban J connectivity index is 2.12. The number of nitrogens with one attached hydrogen (secondary N) is 1. The summed E-state index contributed by atoms with van der Waals surface area (Å²) in [6.07, 6.45) is -4.28. The van der Waals surface area contributed by atoms with Crippen LogP contribution in [0, 0.1) is 0 Å². The van der Waals surface area contributed by atoms with Gasteiger partial charge in [-0.25, -0.2) is 0 Å². The quantitative estimate of drug-likeness (QED) is 0.870. The van der Waals surface area contributed by atoms with Crippen LogP contribution in [0.4, 0.5) is 13.2 Å². The van der Waals surface area contributed by atoms with E-state index in [2.05, 4.69) is 5.32 Å². The summed E-state index contributed by atoms with van der Waals surface area (Å²) in [4.78, 5) is 13.1. The van der Waals surface area contributed by atoms with Crippen LogP contribution in [0.1, 0.15) is 18.1 Å². The molecule has 1 aromatic rings. The van der Waals surface area contributed by atoms with Gasteiger partial charge in [0.2, 0.25) is 0 Å². The highest BCUT2D eigenvalue weighted by atomic mass is 32.1. The lowest BCUT2D eigenvalue weighted by Crippen LogP contribution is -2.33. The van der Waals surface area contributed by atoms with E-state index in [1.54, 1.807) is 13.0 Å². The van der Waals surface area contributed by atoms with E-state index in [0.29, 0.717) is 0 Å². The van der Waals surface area contributed by atoms with Crippen molar-refractivity contribution in [2.45, 2.75) is 25.6 Å². The minimum atomic E-state index is -4.39. The number of halogens is 3. The Labute approximate surface area is 119 Å². The maximum Gasteiger partial charge on any atom is 0.416 e. The number of carbonyl (C=O) groups excluding carboxylic acids is 1. The average Bonchev–Trinajstić information content (AvgIpc) is 2.60. The van der Waals surface area contributed by atoms with E-state index in [0.717, 1.165) is 6.07 Å². The van der Waals surface area contributed by atoms with Crippen LogP contribution in [0.3, 0.4) is 0 Å². The monoisotopic (exact) mass is 302 g/mol. The maximum absolute atomic E-state index is 12.8. The molecule has 0 bridgehead atoms. The van der Waals surface area contributed by atoms with E-state index in [9.17, 15) is 18.0 Å². The van der Waals surface area contributed by atoms with Crippen LogP contribution in [-0.2, 0) is 17.4 Å². The number of hydrogen-bond donors (Lipinski definition) is 1. The molecule has 0 radical (unpaired) electrons. The van der Waals surface area contributed by atoms with Crippen molar-refractivity contribution in [1.29, 1.82) is 0 Å². The molecule has 0 aromatic heterocycles. The number of rotatable bonds is 3. The van der Waals surface area contributed by atoms with Crippen molar-refractivity contribution in [1.82, 2.24) is 10.2 Å². The van der Waals surface area contributed by atoms with Crippen LogP contribution in [0.15, 0.2) is 24.3 Å². The normalized spacial score (nSPS) is 19.4. The predicted molar refractivity (Wildman–Crippen MR) is 72.1 cm³/mol. The summed E-state index contributed by atoms with van der Waals surface area (Å²) >= 11 is 4.99. The average molecular weight is 302 g/mol. The molecule has 0 aliphatic carbocycles. The predicted octanol–water partition coefficient (Wildman–Crippen LogP) is 2.35. The van der Waals surface area contributed by atoms with Gasteiger partial charge in [0.1, 0.15) is 6.04 Å². The van der Waals surface area contributed by atoms with E-state index in [4.69, 9.17) is 12.2 Å². The summed E-state index contributed by atoms with van der Waals surface area (Å²) in [5, 5.41) is 3.05. The van der Waals surface area contributed by atoms with Gasteiger partial charge >= 0.3 is 6.18 Å². The minimum Gasteiger partial charge on any atom is -0.351 e. The van der Waals surface area contributed by atoms with Gasteiger partial charge in [0, 0.05) is 6.54 Å². The Kier molecular flexibility index (Phi) is 3.99. The standard InChI is InChI=1S/C13H13F3N2OS/c1-8-11(19)18(12(20)17-8)7-6-9-4-2-3-5-10(9)13(14,15)16/h2-5,8H,6-7H2,1H3,(H,17,20)/t8-/m0/s1. The van der Waals surface area contributed by atoms with Crippen molar-refractivity contribution in [2.24, 2.45) is 0 Å². The molecule has 108 valence electrons. The largest absolute Gasteiger partial charge is 0.416 e. The van der Waals surface area contributed by atoms with Crippen LogP contribution >= 0.6 is 12.2 Å². The molecule has 0 unspecified atom stereocenters. The lowest BCUT2D eigenvalue weighted by molar-refractivity contribution is -0.138. The summed E-state index contributed by atoms with van der Waals surface area (Å²) in [6, 6.07) is 4.95. The smallest absolute Gasteiger partial charge is 0.351 e. The molecule has 2 rings (SSSR count). The Morgan fingerprint density at radius 2 is 2.00 bits per heavy atom. The van der Waals surface area contributed by atoms with Gasteiger partial charge in [-0.2, -0.15) is 13.2 Å². The first kappa shape index (κ1) is 14.8. The Hall–Kier alpha value is -1.63. The molecule has 1 N–H and O–H groups in total. The summed E-state index contributed by atoms with van der Waals surface area (Å²) < 4.78 is 38.5. The molecular weight excluding hydrogens is 289 g/mol. The van der Waals surface area contributed by atoms with Crippen molar-refractivity contribution in [3.05, 3.63) is 35.4 Å². The second-order valence-corrected chi connectivity index (χ2v) is 4.95. The first-order valence-electron chi connectivity index (χ1n) is 6.07. The fourth-order valence-electron chi connectivity index (χ4n) is 2.12. The molecule has 0 saturated carbocycles. The maximum atomic E-state index is 12.8. The van der Waals surface area contributed by atoms with Crippen LogP contribution in [-0.4, -0.2) is 28.5 Å². The van der Waals surface area contributed by atoms with Gasteiger partial charge < -0.3 is 5.32 Å². The van der Waals surface area contributed by atoms with E-state index in [1.807, 2.05) is 0 Å². The Bertz CT molecular complexity index is 545. The van der Waals surface area contributed by atoms with Gasteiger partial charge in [-0.15, -0.1) is 0 Å². The first-order chi connectivity index (χ1) is 9.30. The SMILES string of the molecule is C[C@@H]1NC(=S)N(CCc2ccccc2C(F)(F)F)C1=O. The molecule has 1 aliphatic heterocycles. The second-order valence-electron chi connectivity index (χ2n) is 4.57. The highest BCUT2D eigenvalue weighted by Gasteiger charge is 2.34. The molecule has 1 saturated heterocycles. The number of alkyl halides is 3. The van der Waals surface area contributed by atoms with Crippen molar-refractivity contribution < 1.29 is 18.0 Å². The fraction of sp³-hybridized carbons (Fsp3) is 0.385. The fourth-order valence-corrected chi connectivity index (χ4v) is 2.48. The summed E-state index contributed by atoms with van der Waals surface area (Å²) in [5.41, 5.74) is -0.506. The minimum absolute atomic E-state index is 0.107. The zero-order valence-corrected chi connectivity index (χ0v) is 11.5. The summed E-state index contributed by atoms with van der Waals surface area (Å²) in [5.74, 6) is -0.209. The van der Waals surface area contributed by atoms with Gasteiger partial charge in [-0.05, 0) is 37.2 Å². The topological polar surface area (TPSA) is 32.3 Å². The van der Waals surface area contributed by atoms with Crippen molar-refractivity contribution in [2.75, 3.05) is 6.54 Å². The third-order valence-corrected chi connectivity index (χ3v) is 3.49. The summed E-state index contributed by atoms with van der Waals surface area (Å²) in [7, 11) is 0. The van der Waals surface area contributed by atoms with Crippen molar-refractivity contribution in [3.8, 4) is 0 Å². The Morgan fingerprint density at radius 3 is 2.55 bits per heavy atom. The molecule has 1 atom stereocenters. The number of carbonyl (C=O) groups is 1. The molecule has 1 fully saturated rings. The molecule has 0 spiro atoms. The molecule has 7 heteroatoms. The Morgan fingerprint density at radius 1 is 1.35 bits per heavy atom. The molecule has 20 heavy (non-hydrogen) atoms. The van der Waals surface area contributed by atoms with Crippen LogP contribution in [0.2, 0.25) is 0 Å². The van der Waals surface area contributed by atoms with E-state index >= 15 is 0 Å². The van der Waals surface area contributed by atoms with Gasteiger partial charge in [-0.3, -0.25) is 9.69 Å². The van der Waals surface area contributed by atoms with Crippen LogP contribution in [0.5, 0.6) is 0 Å². The van der Waals surface area contributed by atoms with Crippen molar-refractivity contribution in [3.63, 3.8) is 0 Å². The number of hydrogen-bond acceptors (Lipinski definition) is 2. The molecule has 3 nitrogen and oxygen atoms in total. The second kappa shape index (κ2) is 5.40. The third kappa shape index (κ3) is 2.92. The molecule has 1 heterocycles. The highest BCUT2D eigenvalue weighted by Crippen LogP contribution is 2.32. The van der Waals surface area contributed by atoms with Gasteiger partial charge in [-0.1, -0.05) is 18.2 Å². The first-order valence-corrected chi connectivity index (χ1v) is 6.48. The highest BCUT2D eigenvalue weighted by molar-refractivity contribution is 7.80. The lowest BCUT2D eigenvalue weighted by atomic mass is 10.0. The van der Waals surface area contributed by atoms with Gasteiger partial charge in [0.25, 0.3) is 5.91 Å². The van der Waals surface area contributed by atoms with Gasteiger partial charge in [0.15, 0.2) is 5.11 Å².